The Morgan fingerprint density at radius 2 is 2.06 bits per heavy atom. The second-order valence-corrected chi connectivity index (χ2v) is 8.57. The van der Waals surface area contributed by atoms with Gasteiger partial charge >= 0.3 is 0 Å². The molecule has 1 aromatic carbocycles. The van der Waals surface area contributed by atoms with Gasteiger partial charge in [0.05, 0.1) is 16.9 Å². The van der Waals surface area contributed by atoms with Gasteiger partial charge in [-0.05, 0) is 43.4 Å². The van der Waals surface area contributed by atoms with E-state index in [4.69, 9.17) is 21.3 Å². The Hall–Kier alpha value is -2.49. The van der Waals surface area contributed by atoms with Gasteiger partial charge in [-0.25, -0.2) is 9.97 Å². The van der Waals surface area contributed by atoms with E-state index in [0.29, 0.717) is 28.3 Å². The van der Waals surface area contributed by atoms with Gasteiger partial charge in [0.15, 0.2) is 12.3 Å². The van der Waals surface area contributed by atoms with Crippen molar-refractivity contribution < 1.29 is 9.53 Å². The summed E-state index contributed by atoms with van der Waals surface area (Å²) in [6.45, 7) is 2.07. The van der Waals surface area contributed by atoms with E-state index >= 15 is 0 Å². The van der Waals surface area contributed by atoms with E-state index in [1.165, 1.54) is 0 Å². The molecule has 164 valence electrons. The van der Waals surface area contributed by atoms with Crippen molar-refractivity contribution in [2.45, 2.75) is 18.9 Å². The smallest absolute Gasteiger partial charge is 0.257 e. The van der Waals surface area contributed by atoms with Crippen molar-refractivity contribution in [3.8, 4) is 17.1 Å². The number of pyridine rings is 1. The number of aromatic nitrogens is 3. The van der Waals surface area contributed by atoms with Crippen LogP contribution in [0.15, 0.2) is 30.5 Å². The number of piperidine rings is 1. The Labute approximate surface area is 190 Å². The van der Waals surface area contributed by atoms with Crippen LogP contribution in [-0.2, 0) is 4.79 Å². The minimum Gasteiger partial charge on any atom is -0.484 e. The summed E-state index contributed by atoms with van der Waals surface area (Å²) >= 11 is 8.27. The maximum atomic E-state index is 11.3. The topological polar surface area (TPSA) is 95.2 Å². The number of ether oxygens (including phenoxy) is 1. The third-order valence-electron chi connectivity index (χ3n) is 5.30. The van der Waals surface area contributed by atoms with Crippen LogP contribution in [0.3, 0.4) is 0 Å². The van der Waals surface area contributed by atoms with E-state index < -0.39 is 0 Å². The van der Waals surface area contributed by atoms with Crippen LogP contribution in [0.1, 0.15) is 12.8 Å². The molecule has 2 aromatic heterocycles. The number of nitrogens with zero attached hydrogens (tertiary/aromatic N) is 3. The van der Waals surface area contributed by atoms with Crippen LogP contribution in [0, 0.1) is 0 Å². The molecule has 4 rings (SSSR count). The van der Waals surface area contributed by atoms with E-state index in [9.17, 15) is 4.79 Å². The summed E-state index contributed by atoms with van der Waals surface area (Å²) in [4.78, 5) is 23.8. The van der Waals surface area contributed by atoms with E-state index in [-0.39, 0.29) is 12.5 Å². The van der Waals surface area contributed by atoms with Crippen molar-refractivity contribution in [2.24, 2.45) is 0 Å². The summed E-state index contributed by atoms with van der Waals surface area (Å²) in [5, 5.41) is 6.69. The number of H-pyrrole nitrogens is 1. The number of rotatable bonds is 7. The average molecular weight is 461 g/mol. The van der Waals surface area contributed by atoms with Gasteiger partial charge in [0.1, 0.15) is 17.1 Å². The lowest BCUT2D eigenvalue weighted by molar-refractivity contribution is -0.122. The summed E-state index contributed by atoms with van der Waals surface area (Å²) in [5.74, 6) is 1.13. The average Bonchev–Trinajstić information content (AvgIpc) is 3.25. The van der Waals surface area contributed by atoms with Crippen molar-refractivity contribution in [3.05, 3.63) is 35.5 Å². The molecule has 10 heteroatoms. The molecule has 3 N–H and O–H groups in total. The van der Waals surface area contributed by atoms with Crippen LogP contribution >= 0.6 is 23.5 Å². The summed E-state index contributed by atoms with van der Waals surface area (Å²) in [6, 6.07) is 7.76. The fourth-order valence-electron chi connectivity index (χ4n) is 3.52. The third-order valence-corrected chi connectivity index (χ3v) is 6.47. The number of imidazole rings is 1. The van der Waals surface area contributed by atoms with Gasteiger partial charge in [-0.1, -0.05) is 23.5 Å². The number of hydrogen-bond acceptors (Lipinski definition) is 7. The largest absolute Gasteiger partial charge is 0.484 e. The number of hydrogen-bond donors (Lipinski definition) is 3. The molecule has 0 bridgehead atoms. The van der Waals surface area contributed by atoms with E-state index in [2.05, 4.69) is 31.2 Å². The second-order valence-electron chi connectivity index (χ2n) is 7.28. The minimum atomic E-state index is -0.177. The SMILES string of the molecule is CNC(=O)COc1ccc(-c2nc3c(NC4CCN(SC)CC4)c(Cl)cnc3[nH]2)cc1. The summed E-state index contributed by atoms with van der Waals surface area (Å²) in [5.41, 5.74) is 3.13. The second kappa shape index (κ2) is 9.76. The molecule has 1 aliphatic heterocycles. The number of carbonyl (C=O) groups excluding carboxylic acids is 1. The van der Waals surface area contributed by atoms with Crippen LogP contribution in [0.4, 0.5) is 5.69 Å². The molecular weight excluding hydrogens is 436 g/mol. The normalized spacial score (nSPS) is 15.2. The molecule has 3 aromatic rings. The van der Waals surface area contributed by atoms with Crippen molar-refractivity contribution in [2.75, 3.05) is 38.3 Å². The van der Waals surface area contributed by atoms with Crippen LogP contribution < -0.4 is 15.4 Å². The molecular formula is C21H25ClN6O2S. The number of carbonyl (C=O) groups is 1. The number of anilines is 1. The zero-order valence-electron chi connectivity index (χ0n) is 17.4. The molecule has 31 heavy (non-hydrogen) atoms. The van der Waals surface area contributed by atoms with E-state index in [1.807, 2.05) is 24.3 Å². The molecule has 0 spiro atoms. The highest BCUT2D eigenvalue weighted by Crippen LogP contribution is 2.32. The number of fused-ring (bicyclic) bond motifs is 1. The lowest BCUT2D eigenvalue weighted by Crippen LogP contribution is -2.35. The monoisotopic (exact) mass is 460 g/mol. The van der Waals surface area contributed by atoms with Crippen molar-refractivity contribution >= 4 is 46.3 Å². The zero-order valence-corrected chi connectivity index (χ0v) is 19.0. The molecule has 0 aliphatic carbocycles. The van der Waals surface area contributed by atoms with Crippen LogP contribution in [0.5, 0.6) is 5.75 Å². The van der Waals surface area contributed by atoms with E-state index in [0.717, 1.165) is 42.7 Å². The van der Waals surface area contributed by atoms with Gasteiger partial charge in [-0.3, -0.25) is 9.10 Å². The van der Waals surface area contributed by atoms with Crippen molar-refractivity contribution in [3.63, 3.8) is 0 Å². The zero-order chi connectivity index (χ0) is 21.8. The quantitative estimate of drug-likeness (QED) is 0.464. The van der Waals surface area contributed by atoms with Crippen LogP contribution in [-0.4, -0.2) is 64.2 Å². The van der Waals surface area contributed by atoms with Gasteiger partial charge < -0.3 is 20.4 Å². The number of amides is 1. The van der Waals surface area contributed by atoms with Crippen molar-refractivity contribution in [1.29, 1.82) is 0 Å². The highest BCUT2D eigenvalue weighted by molar-refractivity contribution is 7.96. The first-order valence-electron chi connectivity index (χ1n) is 10.1. The van der Waals surface area contributed by atoms with Gasteiger partial charge in [0.25, 0.3) is 5.91 Å². The number of likely N-dealkylation sites (N-methyl/N-ethyl adjacent to an activating group) is 1. The predicted octanol–water partition coefficient (Wildman–Crippen LogP) is 3.56. The number of aromatic amines is 1. The Morgan fingerprint density at radius 1 is 1.32 bits per heavy atom. The van der Waals surface area contributed by atoms with Gasteiger partial charge in [-0.15, -0.1) is 0 Å². The molecule has 1 saturated heterocycles. The van der Waals surface area contributed by atoms with Gasteiger partial charge in [0.2, 0.25) is 0 Å². The first kappa shape index (κ1) is 21.7. The highest BCUT2D eigenvalue weighted by Gasteiger charge is 2.21. The standard InChI is InChI=1S/C21H25ClN6O2S/c1-23-17(29)12-30-15-5-3-13(4-6-15)20-26-19-18(16(22)11-24-21(19)27-20)25-14-7-9-28(31-2)10-8-14/h3-6,11,14H,7-10,12H2,1-2H3,(H,23,29)(H2,24,25,26,27). The first-order chi connectivity index (χ1) is 15.1. The molecule has 0 atom stereocenters. The van der Waals surface area contributed by atoms with Crippen LogP contribution in [0.2, 0.25) is 5.02 Å². The molecule has 1 amide bonds. The lowest BCUT2D eigenvalue weighted by atomic mass is 10.1. The first-order valence-corrected chi connectivity index (χ1v) is 11.7. The Bertz CT molecular complexity index is 1050. The van der Waals surface area contributed by atoms with E-state index in [1.54, 1.807) is 25.2 Å². The number of benzene rings is 1. The highest BCUT2D eigenvalue weighted by atomic mass is 35.5. The molecule has 0 saturated carbocycles. The molecule has 0 unspecified atom stereocenters. The fourth-order valence-corrected chi connectivity index (χ4v) is 4.29. The lowest BCUT2D eigenvalue weighted by Gasteiger charge is -2.31. The molecule has 3 heterocycles. The molecule has 8 nitrogen and oxygen atoms in total. The predicted molar refractivity (Wildman–Crippen MR) is 126 cm³/mol. The van der Waals surface area contributed by atoms with Gasteiger partial charge in [-0.2, -0.15) is 0 Å². The number of halogens is 1. The molecule has 1 fully saturated rings. The maximum Gasteiger partial charge on any atom is 0.257 e. The Morgan fingerprint density at radius 3 is 2.74 bits per heavy atom. The summed E-state index contributed by atoms with van der Waals surface area (Å²) in [6.07, 6.45) is 5.87. The Balaban J connectivity index is 1.53. The molecule has 1 aliphatic rings. The van der Waals surface area contributed by atoms with Crippen LogP contribution in [0.25, 0.3) is 22.6 Å². The summed E-state index contributed by atoms with van der Waals surface area (Å²) in [7, 11) is 1.58. The summed E-state index contributed by atoms with van der Waals surface area (Å²) < 4.78 is 7.83. The van der Waals surface area contributed by atoms with Gasteiger partial charge in [0, 0.05) is 31.7 Å². The number of nitrogens with one attached hydrogen (secondary N) is 3. The fraction of sp³-hybridized carbons (Fsp3) is 0.381. The third kappa shape index (κ3) is 5.06. The minimum absolute atomic E-state index is 0.0200. The maximum absolute atomic E-state index is 11.3. The van der Waals surface area contributed by atoms with Crippen molar-refractivity contribution in [1.82, 2.24) is 24.6 Å². The molecule has 0 radical (unpaired) electrons. The Kier molecular flexibility index (Phi) is 6.84.